The fourth-order valence-electron chi connectivity index (χ4n) is 2.88. The molecule has 27 heavy (non-hydrogen) atoms. The highest BCUT2D eigenvalue weighted by atomic mass is 32.2. The van der Waals surface area contributed by atoms with Crippen molar-refractivity contribution in [2.24, 2.45) is 13.0 Å². The van der Waals surface area contributed by atoms with Crippen LogP contribution in [0.1, 0.15) is 31.0 Å². The first-order chi connectivity index (χ1) is 12.6. The molecule has 0 radical (unpaired) electrons. The number of hydrogen-bond acceptors (Lipinski definition) is 4. The van der Waals surface area contributed by atoms with Crippen molar-refractivity contribution < 1.29 is 17.6 Å². The van der Waals surface area contributed by atoms with Gasteiger partial charge in [0.2, 0.25) is 0 Å². The Bertz CT molecular complexity index is 909. The molecular weight excluding hydrogens is 371 g/mol. The summed E-state index contributed by atoms with van der Waals surface area (Å²) in [5, 5.41) is 9.57. The van der Waals surface area contributed by atoms with Gasteiger partial charge < -0.3 is 10.6 Å². The molecule has 0 aliphatic rings. The molecule has 1 aromatic heterocycles. The van der Waals surface area contributed by atoms with E-state index in [2.05, 4.69) is 29.6 Å². The molecule has 2 aromatic rings. The summed E-state index contributed by atoms with van der Waals surface area (Å²) in [5.41, 5.74) is 1.48. The van der Waals surface area contributed by atoms with Gasteiger partial charge in [-0.05, 0) is 35.7 Å². The molecule has 2 rings (SSSR count). The van der Waals surface area contributed by atoms with Gasteiger partial charge in [-0.2, -0.15) is 5.10 Å². The zero-order chi connectivity index (χ0) is 20.2. The molecule has 0 spiro atoms. The maximum Gasteiger partial charge on any atom is 0.319 e. The van der Waals surface area contributed by atoms with Crippen LogP contribution in [-0.2, 0) is 22.6 Å². The first-order valence-electron chi connectivity index (χ1n) is 8.55. The van der Waals surface area contributed by atoms with Crippen LogP contribution in [0.15, 0.2) is 30.5 Å². The van der Waals surface area contributed by atoms with E-state index >= 15 is 0 Å². The summed E-state index contributed by atoms with van der Waals surface area (Å²) in [6.45, 7) is 4.49. The molecule has 0 saturated heterocycles. The smallest absolute Gasteiger partial charge is 0.319 e. The minimum Gasteiger partial charge on any atom is -0.337 e. The number of nitrogens with zero attached hydrogens (tertiary/aromatic N) is 2. The van der Waals surface area contributed by atoms with E-state index in [4.69, 9.17) is 0 Å². The number of hydrogen-bond donors (Lipinski definition) is 2. The van der Waals surface area contributed by atoms with E-state index < -0.39 is 21.7 Å². The van der Waals surface area contributed by atoms with Crippen LogP contribution < -0.4 is 10.6 Å². The van der Waals surface area contributed by atoms with Gasteiger partial charge in [0.05, 0.1) is 5.75 Å². The van der Waals surface area contributed by atoms with Crippen molar-refractivity contribution in [1.29, 1.82) is 0 Å². The zero-order valence-electron chi connectivity index (χ0n) is 15.9. The Hall–Kier alpha value is -2.42. The molecule has 7 nitrogen and oxygen atoms in total. The summed E-state index contributed by atoms with van der Waals surface area (Å²) in [7, 11) is -1.52. The van der Waals surface area contributed by atoms with E-state index in [1.54, 1.807) is 10.9 Å². The molecule has 148 valence electrons. The summed E-state index contributed by atoms with van der Waals surface area (Å²) in [6.07, 6.45) is 2.77. The van der Waals surface area contributed by atoms with Gasteiger partial charge in [0.25, 0.3) is 0 Å². The number of nitrogens with one attached hydrogen (secondary N) is 2. The average molecular weight is 396 g/mol. The monoisotopic (exact) mass is 396 g/mol. The van der Waals surface area contributed by atoms with E-state index in [1.165, 1.54) is 12.1 Å². The van der Waals surface area contributed by atoms with Crippen LogP contribution in [0.4, 0.5) is 14.9 Å². The zero-order valence-corrected chi connectivity index (χ0v) is 16.7. The van der Waals surface area contributed by atoms with Gasteiger partial charge in [0.1, 0.15) is 5.82 Å². The van der Waals surface area contributed by atoms with Crippen molar-refractivity contribution in [3.8, 4) is 0 Å². The number of amides is 2. The lowest BCUT2D eigenvalue weighted by Gasteiger charge is -2.22. The van der Waals surface area contributed by atoms with Gasteiger partial charge in [0, 0.05) is 43.3 Å². The normalized spacial score (nSPS) is 12.8. The average Bonchev–Trinajstić information content (AvgIpc) is 2.94. The fraction of sp³-hybridized carbons (Fsp3) is 0.444. The largest absolute Gasteiger partial charge is 0.337 e. The highest BCUT2D eigenvalue weighted by molar-refractivity contribution is 7.89. The molecule has 2 amide bonds. The number of anilines is 1. The fourth-order valence-corrected chi connectivity index (χ4v) is 3.69. The number of benzene rings is 1. The second-order valence-electron chi connectivity index (χ2n) is 6.94. The van der Waals surface area contributed by atoms with Crippen LogP contribution in [0.2, 0.25) is 0 Å². The van der Waals surface area contributed by atoms with E-state index in [0.29, 0.717) is 6.54 Å². The van der Waals surface area contributed by atoms with Crippen molar-refractivity contribution in [1.82, 2.24) is 15.1 Å². The van der Waals surface area contributed by atoms with Crippen LogP contribution in [0.3, 0.4) is 0 Å². The molecule has 1 atom stereocenters. The molecule has 0 bridgehead atoms. The molecule has 0 unspecified atom stereocenters. The standard InChI is InChI=1S/C18H25FN4O3S/c1-12(2)15(17-7-8-21-23(17)3)10-20-18(24)22-16-6-5-14(19)9-13(16)11-27(4,25)26/h5-9,12,15H,10-11H2,1-4H3,(H2,20,22,24)/t15-/m1/s1. The third kappa shape index (κ3) is 6.06. The Balaban J connectivity index is 2.08. The molecule has 0 aliphatic heterocycles. The highest BCUT2D eigenvalue weighted by Gasteiger charge is 2.20. The van der Waals surface area contributed by atoms with Gasteiger partial charge in [0.15, 0.2) is 9.84 Å². The molecular formula is C18H25FN4O3S. The van der Waals surface area contributed by atoms with Gasteiger partial charge in [-0.1, -0.05) is 13.8 Å². The van der Waals surface area contributed by atoms with Crippen LogP contribution >= 0.6 is 0 Å². The number of carbonyl (C=O) groups is 1. The Labute approximate surface area is 158 Å². The molecule has 1 heterocycles. The topological polar surface area (TPSA) is 93.1 Å². The van der Waals surface area contributed by atoms with Crippen LogP contribution in [0, 0.1) is 11.7 Å². The van der Waals surface area contributed by atoms with Crippen LogP contribution in [0.25, 0.3) is 0 Å². The molecule has 9 heteroatoms. The van der Waals surface area contributed by atoms with Gasteiger partial charge in [-0.25, -0.2) is 17.6 Å². The lowest BCUT2D eigenvalue weighted by atomic mass is 9.92. The quantitative estimate of drug-likeness (QED) is 0.752. The summed E-state index contributed by atoms with van der Waals surface area (Å²) in [6, 6.07) is 5.08. The first-order valence-corrected chi connectivity index (χ1v) is 10.6. The lowest BCUT2D eigenvalue weighted by molar-refractivity contribution is 0.250. The molecule has 0 saturated carbocycles. The molecule has 2 N–H and O–H groups in total. The summed E-state index contributed by atoms with van der Waals surface area (Å²) in [4.78, 5) is 12.3. The van der Waals surface area contributed by atoms with Crippen LogP contribution in [0.5, 0.6) is 0 Å². The second kappa shape index (κ2) is 8.51. The van der Waals surface area contributed by atoms with E-state index in [9.17, 15) is 17.6 Å². The molecule has 1 aromatic carbocycles. The summed E-state index contributed by atoms with van der Waals surface area (Å²) in [5.74, 6) is -0.584. The molecule has 0 aliphatic carbocycles. The number of urea groups is 1. The highest BCUT2D eigenvalue weighted by Crippen LogP contribution is 2.23. The van der Waals surface area contributed by atoms with Gasteiger partial charge >= 0.3 is 6.03 Å². The Kier molecular flexibility index (Phi) is 6.59. The van der Waals surface area contributed by atoms with Gasteiger partial charge in [-0.15, -0.1) is 0 Å². The first kappa shape index (κ1) is 20.9. The second-order valence-corrected chi connectivity index (χ2v) is 9.08. The maximum absolute atomic E-state index is 13.5. The van der Waals surface area contributed by atoms with E-state index in [-0.39, 0.29) is 28.8 Å². The third-order valence-electron chi connectivity index (χ3n) is 4.26. The van der Waals surface area contributed by atoms with E-state index in [1.807, 2.05) is 13.1 Å². The predicted octanol–water partition coefficient (Wildman–Crippen LogP) is 2.67. The SMILES string of the molecule is CC(C)[C@@H](CNC(=O)Nc1ccc(F)cc1CS(C)(=O)=O)c1ccnn1C. The predicted molar refractivity (Wildman–Crippen MR) is 103 cm³/mol. The Morgan fingerprint density at radius 3 is 2.56 bits per heavy atom. The molecule has 0 fully saturated rings. The number of carbonyl (C=O) groups excluding carboxylic acids is 1. The van der Waals surface area contributed by atoms with Crippen molar-refractivity contribution in [3.63, 3.8) is 0 Å². The maximum atomic E-state index is 13.5. The number of sulfone groups is 1. The third-order valence-corrected chi connectivity index (χ3v) is 5.09. The van der Waals surface area contributed by atoms with Crippen LogP contribution in [-0.4, -0.2) is 37.0 Å². The minimum atomic E-state index is -3.37. The van der Waals surface area contributed by atoms with Crippen molar-refractivity contribution in [2.75, 3.05) is 18.1 Å². The Morgan fingerprint density at radius 1 is 1.30 bits per heavy atom. The van der Waals surface area contributed by atoms with Gasteiger partial charge in [-0.3, -0.25) is 4.68 Å². The van der Waals surface area contributed by atoms with Crippen molar-refractivity contribution >= 4 is 21.6 Å². The van der Waals surface area contributed by atoms with Crippen molar-refractivity contribution in [2.45, 2.75) is 25.5 Å². The number of halogens is 1. The summed E-state index contributed by atoms with van der Waals surface area (Å²) < 4.78 is 38.3. The van der Waals surface area contributed by atoms with E-state index in [0.717, 1.165) is 18.0 Å². The number of aryl methyl sites for hydroxylation is 1. The number of rotatable bonds is 7. The van der Waals surface area contributed by atoms with Crippen molar-refractivity contribution in [3.05, 3.63) is 47.5 Å². The Morgan fingerprint density at radius 2 is 2.00 bits per heavy atom. The summed E-state index contributed by atoms with van der Waals surface area (Å²) >= 11 is 0. The lowest BCUT2D eigenvalue weighted by Crippen LogP contribution is -2.34. The minimum absolute atomic E-state index is 0.0620. The number of aromatic nitrogens is 2.